The average molecular weight is 409 g/mol. The number of methoxy groups -OCH3 is 1. The van der Waals surface area contributed by atoms with Crippen molar-refractivity contribution in [1.82, 2.24) is 0 Å². The number of anilines is 1. The molecule has 0 unspecified atom stereocenters. The van der Waals surface area contributed by atoms with Crippen molar-refractivity contribution >= 4 is 49.1 Å². The largest absolute Gasteiger partial charge is 0.478 e. The number of hydrogen-bond donors (Lipinski definition) is 2. The molecule has 0 aliphatic rings. The van der Waals surface area contributed by atoms with Gasteiger partial charge in [-0.05, 0) is 47.9 Å². The lowest BCUT2D eigenvalue weighted by atomic mass is 10.2. The molecule has 0 fully saturated rings. The second-order valence-corrected chi connectivity index (χ2v) is 8.15. The van der Waals surface area contributed by atoms with Crippen LogP contribution in [0.5, 0.6) is 0 Å². The number of hydrogen-bond acceptors (Lipinski definition) is 6. The molecule has 0 spiro atoms. The first-order valence-electron chi connectivity index (χ1n) is 7.39. The van der Waals surface area contributed by atoms with Gasteiger partial charge in [-0.2, -0.15) is 0 Å². The number of esters is 1. The minimum absolute atomic E-state index is 0.136. The molecule has 10 heteroatoms. The minimum Gasteiger partial charge on any atom is -0.478 e. The van der Waals surface area contributed by atoms with E-state index in [1.165, 1.54) is 30.6 Å². The Balaban J connectivity index is 1.97. The number of ether oxygens (including phenoxy) is 1. The molecule has 0 radical (unpaired) electrons. The molecule has 1 aromatic heterocycles. The van der Waals surface area contributed by atoms with Crippen LogP contribution in [0.2, 0.25) is 0 Å². The zero-order chi connectivity index (χ0) is 19.8. The number of rotatable bonds is 5. The highest BCUT2D eigenvalue weighted by atomic mass is 32.2. The van der Waals surface area contributed by atoms with Gasteiger partial charge in [0, 0.05) is 10.4 Å². The van der Waals surface area contributed by atoms with E-state index in [1.54, 1.807) is 12.1 Å². The first kappa shape index (κ1) is 18.8. The van der Waals surface area contributed by atoms with Gasteiger partial charge in [0.05, 0.1) is 12.7 Å². The highest BCUT2D eigenvalue weighted by Crippen LogP contribution is 2.30. The summed E-state index contributed by atoms with van der Waals surface area (Å²) in [7, 11) is -3.10. The molecule has 27 heavy (non-hydrogen) atoms. The van der Waals surface area contributed by atoms with Crippen molar-refractivity contribution in [1.29, 1.82) is 0 Å². The lowest BCUT2D eigenvalue weighted by Gasteiger charge is -2.09. The van der Waals surface area contributed by atoms with Crippen molar-refractivity contribution in [3.8, 4) is 0 Å². The topological polar surface area (TPSA) is 110 Å². The van der Waals surface area contributed by atoms with E-state index in [0.717, 1.165) is 22.9 Å². The third kappa shape index (κ3) is 3.76. The standard InChI is InChI=1S/C17H12FNO6S2/c1-25-17(22)14-7-10-6-11(3-5-13(10)26-14)19-27(23,24)15-8-9(16(20)21)2-4-12(15)18/h2-8,19H,1H3,(H,20,21). The summed E-state index contributed by atoms with van der Waals surface area (Å²) in [5, 5.41) is 9.56. The molecular formula is C17H12FNO6S2. The zero-order valence-corrected chi connectivity index (χ0v) is 15.4. The van der Waals surface area contributed by atoms with Crippen molar-refractivity contribution in [2.45, 2.75) is 4.90 Å². The van der Waals surface area contributed by atoms with E-state index < -0.39 is 32.7 Å². The van der Waals surface area contributed by atoms with Crippen LogP contribution in [-0.2, 0) is 14.8 Å². The maximum Gasteiger partial charge on any atom is 0.348 e. The summed E-state index contributed by atoms with van der Waals surface area (Å²) in [5.74, 6) is -2.95. The normalized spacial score (nSPS) is 11.3. The summed E-state index contributed by atoms with van der Waals surface area (Å²) >= 11 is 1.18. The van der Waals surface area contributed by atoms with Gasteiger partial charge >= 0.3 is 11.9 Å². The molecule has 7 nitrogen and oxygen atoms in total. The van der Waals surface area contributed by atoms with Crippen LogP contribution in [0, 0.1) is 5.82 Å². The number of benzene rings is 2. The fourth-order valence-corrected chi connectivity index (χ4v) is 4.48. The Morgan fingerprint density at radius 1 is 1.15 bits per heavy atom. The van der Waals surface area contributed by atoms with Crippen LogP contribution in [0.1, 0.15) is 20.0 Å². The van der Waals surface area contributed by atoms with Crippen molar-refractivity contribution < 1.29 is 32.2 Å². The van der Waals surface area contributed by atoms with Crippen LogP contribution in [0.25, 0.3) is 10.1 Å². The van der Waals surface area contributed by atoms with E-state index >= 15 is 0 Å². The monoisotopic (exact) mass is 409 g/mol. The van der Waals surface area contributed by atoms with Gasteiger partial charge in [0.2, 0.25) is 0 Å². The van der Waals surface area contributed by atoms with Crippen LogP contribution in [0.3, 0.4) is 0 Å². The number of aromatic carboxylic acids is 1. The molecule has 3 rings (SSSR count). The van der Waals surface area contributed by atoms with Crippen molar-refractivity contribution in [2.24, 2.45) is 0 Å². The lowest BCUT2D eigenvalue weighted by Crippen LogP contribution is -2.15. The van der Waals surface area contributed by atoms with Gasteiger partial charge < -0.3 is 9.84 Å². The molecule has 0 bridgehead atoms. The predicted octanol–water partition coefficient (Wildman–Crippen LogP) is 3.33. The summed E-state index contributed by atoms with van der Waals surface area (Å²) in [6.07, 6.45) is 0. The van der Waals surface area contributed by atoms with E-state index in [-0.39, 0.29) is 11.3 Å². The van der Waals surface area contributed by atoms with Crippen molar-refractivity contribution in [2.75, 3.05) is 11.8 Å². The first-order valence-corrected chi connectivity index (χ1v) is 9.69. The first-order chi connectivity index (χ1) is 12.7. The van der Waals surface area contributed by atoms with Crippen LogP contribution >= 0.6 is 11.3 Å². The molecule has 0 amide bonds. The second-order valence-electron chi connectivity index (χ2n) is 5.41. The molecule has 0 aliphatic carbocycles. The summed E-state index contributed by atoms with van der Waals surface area (Å²) in [6.45, 7) is 0. The fraction of sp³-hybridized carbons (Fsp3) is 0.0588. The number of halogens is 1. The Bertz CT molecular complexity index is 1170. The third-order valence-corrected chi connectivity index (χ3v) is 6.12. The molecule has 0 aliphatic heterocycles. The SMILES string of the molecule is COC(=O)c1cc2cc(NS(=O)(=O)c3cc(C(=O)O)ccc3F)ccc2s1. The van der Waals surface area contributed by atoms with Gasteiger partial charge in [-0.1, -0.05) is 0 Å². The van der Waals surface area contributed by atoms with Gasteiger partial charge in [-0.25, -0.2) is 22.4 Å². The van der Waals surface area contributed by atoms with E-state index in [9.17, 15) is 22.4 Å². The number of carbonyl (C=O) groups is 2. The van der Waals surface area contributed by atoms with E-state index in [4.69, 9.17) is 5.11 Å². The molecule has 1 heterocycles. The number of fused-ring (bicyclic) bond motifs is 1. The van der Waals surface area contributed by atoms with Crippen LogP contribution in [0.15, 0.2) is 47.4 Å². The predicted molar refractivity (Wildman–Crippen MR) is 97.3 cm³/mol. The highest BCUT2D eigenvalue weighted by Gasteiger charge is 2.22. The van der Waals surface area contributed by atoms with Gasteiger partial charge in [-0.3, -0.25) is 4.72 Å². The van der Waals surface area contributed by atoms with Crippen molar-refractivity contribution in [3.05, 3.63) is 58.7 Å². The lowest BCUT2D eigenvalue weighted by molar-refractivity contribution is 0.0605. The molecule has 0 saturated carbocycles. The summed E-state index contributed by atoms with van der Waals surface area (Å²) in [5.41, 5.74) is -0.218. The van der Waals surface area contributed by atoms with Crippen molar-refractivity contribution in [3.63, 3.8) is 0 Å². The number of carbonyl (C=O) groups excluding carboxylic acids is 1. The van der Waals surface area contributed by atoms with Crippen LogP contribution in [-0.4, -0.2) is 32.6 Å². The summed E-state index contributed by atoms with van der Waals surface area (Å²) in [6, 6.07) is 8.60. The van der Waals surface area contributed by atoms with E-state index in [1.807, 2.05) is 0 Å². The molecule has 0 atom stereocenters. The van der Waals surface area contributed by atoms with Gasteiger partial charge in [0.25, 0.3) is 10.0 Å². The Kier molecular flexibility index (Phi) is 4.85. The zero-order valence-electron chi connectivity index (χ0n) is 13.7. The molecule has 2 aromatic carbocycles. The second kappa shape index (κ2) is 6.97. The molecular weight excluding hydrogens is 397 g/mol. The quantitative estimate of drug-likeness (QED) is 0.626. The Hall–Kier alpha value is -2.98. The van der Waals surface area contributed by atoms with Gasteiger partial charge in [0.15, 0.2) is 0 Å². The Morgan fingerprint density at radius 2 is 1.89 bits per heavy atom. The van der Waals surface area contributed by atoms with Gasteiger partial charge in [-0.15, -0.1) is 11.3 Å². The number of carboxylic acids is 1. The fourth-order valence-electron chi connectivity index (χ4n) is 2.36. The number of nitrogens with one attached hydrogen (secondary N) is 1. The number of carboxylic acid groups (broad SMARTS) is 1. The minimum atomic E-state index is -4.36. The third-order valence-electron chi connectivity index (χ3n) is 3.62. The molecule has 140 valence electrons. The summed E-state index contributed by atoms with van der Waals surface area (Å²) in [4.78, 5) is 22.2. The number of sulfonamides is 1. The van der Waals surface area contributed by atoms with Gasteiger partial charge in [0.1, 0.15) is 15.6 Å². The molecule has 2 N–H and O–H groups in total. The summed E-state index contributed by atoms with van der Waals surface area (Å²) < 4.78 is 46.5. The number of thiophene rings is 1. The van der Waals surface area contributed by atoms with Crippen LogP contribution < -0.4 is 4.72 Å². The van der Waals surface area contributed by atoms with E-state index in [2.05, 4.69) is 9.46 Å². The Labute approximate surface area is 157 Å². The molecule has 0 saturated heterocycles. The maximum atomic E-state index is 14.0. The van der Waals surface area contributed by atoms with E-state index in [0.29, 0.717) is 10.3 Å². The maximum absolute atomic E-state index is 14.0. The van der Waals surface area contributed by atoms with Crippen LogP contribution in [0.4, 0.5) is 10.1 Å². The average Bonchev–Trinajstić information content (AvgIpc) is 3.04. The Morgan fingerprint density at radius 3 is 2.56 bits per heavy atom. The highest BCUT2D eigenvalue weighted by molar-refractivity contribution is 7.92. The molecule has 3 aromatic rings. The smallest absolute Gasteiger partial charge is 0.348 e.